The van der Waals surface area contributed by atoms with Gasteiger partial charge in [0, 0.05) is 30.9 Å². The van der Waals surface area contributed by atoms with Crippen molar-refractivity contribution in [3.63, 3.8) is 0 Å². The Kier molecular flexibility index (Phi) is 7.19. The fraction of sp³-hybridized carbons (Fsp3) is 0.185. The van der Waals surface area contributed by atoms with E-state index in [9.17, 15) is 19.2 Å². The summed E-state index contributed by atoms with van der Waals surface area (Å²) >= 11 is 1.03. The predicted molar refractivity (Wildman–Crippen MR) is 143 cm³/mol. The van der Waals surface area contributed by atoms with E-state index in [-0.39, 0.29) is 23.4 Å². The van der Waals surface area contributed by atoms with E-state index in [2.05, 4.69) is 14.9 Å². The van der Waals surface area contributed by atoms with Gasteiger partial charge in [-0.15, -0.1) is 5.10 Å². The summed E-state index contributed by atoms with van der Waals surface area (Å²) in [5.41, 5.74) is 2.16. The van der Waals surface area contributed by atoms with Crippen LogP contribution in [0.2, 0.25) is 0 Å². The van der Waals surface area contributed by atoms with Gasteiger partial charge in [-0.25, -0.2) is 0 Å². The predicted octanol–water partition coefficient (Wildman–Crippen LogP) is 3.20. The molecule has 4 amide bonds. The van der Waals surface area contributed by atoms with Gasteiger partial charge in [0.05, 0.1) is 23.9 Å². The van der Waals surface area contributed by atoms with Gasteiger partial charge >= 0.3 is 0 Å². The lowest BCUT2D eigenvalue weighted by atomic mass is 10.1. The molecule has 1 N–H and O–H groups in total. The van der Waals surface area contributed by atoms with Gasteiger partial charge in [-0.1, -0.05) is 16.6 Å². The molecule has 1 aliphatic heterocycles. The molecule has 1 aliphatic rings. The summed E-state index contributed by atoms with van der Waals surface area (Å²) in [6, 6.07) is 15.7. The van der Waals surface area contributed by atoms with Crippen LogP contribution in [0.3, 0.4) is 0 Å². The second-order valence-electron chi connectivity index (χ2n) is 9.01. The van der Waals surface area contributed by atoms with Gasteiger partial charge in [0.1, 0.15) is 18.0 Å². The lowest BCUT2D eigenvalue weighted by Crippen LogP contribution is -2.46. The van der Waals surface area contributed by atoms with E-state index < -0.39 is 36.2 Å². The zero-order valence-corrected chi connectivity index (χ0v) is 21.9. The molecule has 39 heavy (non-hydrogen) atoms. The van der Waals surface area contributed by atoms with Crippen molar-refractivity contribution in [2.45, 2.75) is 12.6 Å². The number of furan rings is 1. The Balaban J connectivity index is 1.45. The third-order valence-corrected chi connectivity index (χ3v) is 6.79. The Labute approximate surface area is 227 Å². The minimum Gasteiger partial charge on any atom is -0.467 e. The van der Waals surface area contributed by atoms with Gasteiger partial charge < -0.3 is 19.5 Å². The minimum absolute atomic E-state index is 0.107. The van der Waals surface area contributed by atoms with E-state index in [1.807, 2.05) is 31.1 Å². The molecule has 0 aliphatic carbocycles. The zero-order chi connectivity index (χ0) is 27.5. The van der Waals surface area contributed by atoms with Crippen LogP contribution in [0.1, 0.15) is 38.2 Å². The molecule has 12 heteroatoms. The number of hydrogen-bond acceptors (Lipinski definition) is 9. The molecule has 0 saturated heterocycles. The molecule has 2 aromatic carbocycles. The highest BCUT2D eigenvalue weighted by Gasteiger charge is 2.40. The lowest BCUT2D eigenvalue weighted by molar-refractivity contribution is -0.140. The summed E-state index contributed by atoms with van der Waals surface area (Å²) in [4.78, 5) is 57.4. The van der Waals surface area contributed by atoms with E-state index in [0.29, 0.717) is 11.4 Å². The van der Waals surface area contributed by atoms with Crippen LogP contribution in [0.25, 0.3) is 0 Å². The second kappa shape index (κ2) is 10.9. The number of amides is 4. The van der Waals surface area contributed by atoms with E-state index >= 15 is 0 Å². The maximum Gasteiger partial charge on any atom is 0.262 e. The number of imide groups is 1. The van der Waals surface area contributed by atoms with E-state index in [1.165, 1.54) is 11.2 Å². The number of hydrogen-bond donors (Lipinski definition) is 1. The van der Waals surface area contributed by atoms with Crippen LogP contribution in [-0.4, -0.2) is 63.7 Å². The summed E-state index contributed by atoms with van der Waals surface area (Å²) in [6.45, 7) is -0.671. The third kappa shape index (κ3) is 5.27. The van der Waals surface area contributed by atoms with Crippen molar-refractivity contribution in [3.8, 4) is 0 Å². The molecule has 5 rings (SSSR count). The van der Waals surface area contributed by atoms with Gasteiger partial charge in [0.15, 0.2) is 6.04 Å². The van der Waals surface area contributed by atoms with E-state index in [1.54, 1.807) is 53.9 Å². The maximum atomic E-state index is 13.8. The molecule has 198 valence electrons. The third-order valence-electron chi connectivity index (χ3n) is 6.27. The van der Waals surface area contributed by atoms with Crippen LogP contribution in [0.15, 0.2) is 76.7 Å². The van der Waals surface area contributed by atoms with Crippen LogP contribution < -0.4 is 10.2 Å². The van der Waals surface area contributed by atoms with Gasteiger partial charge in [-0.2, -0.15) is 0 Å². The van der Waals surface area contributed by atoms with Gasteiger partial charge in [0.25, 0.3) is 17.7 Å². The van der Waals surface area contributed by atoms with Crippen molar-refractivity contribution >= 4 is 46.5 Å². The highest BCUT2D eigenvalue weighted by molar-refractivity contribution is 7.03. The molecule has 0 radical (unpaired) electrons. The van der Waals surface area contributed by atoms with Crippen molar-refractivity contribution in [2.75, 3.05) is 30.9 Å². The summed E-state index contributed by atoms with van der Waals surface area (Å²) < 4.78 is 9.35. The first-order chi connectivity index (χ1) is 18.8. The molecule has 3 heterocycles. The Morgan fingerprint density at radius 2 is 1.69 bits per heavy atom. The van der Waals surface area contributed by atoms with Crippen molar-refractivity contribution in [2.24, 2.45) is 0 Å². The molecule has 0 unspecified atom stereocenters. The number of nitrogens with one attached hydrogen (secondary N) is 1. The molecule has 2 aromatic heterocycles. The number of fused-ring (bicyclic) bond motifs is 1. The molecule has 4 aromatic rings. The molecule has 0 spiro atoms. The minimum atomic E-state index is -1.22. The number of aromatic nitrogens is 2. The van der Waals surface area contributed by atoms with Crippen molar-refractivity contribution < 1.29 is 23.6 Å². The summed E-state index contributed by atoms with van der Waals surface area (Å²) in [5, 5.41) is 8.49. The maximum absolute atomic E-state index is 13.8. The first kappa shape index (κ1) is 25.8. The van der Waals surface area contributed by atoms with Crippen LogP contribution in [0, 0.1) is 0 Å². The Bertz CT molecular complexity index is 1470. The van der Waals surface area contributed by atoms with E-state index in [4.69, 9.17) is 4.42 Å². The summed E-state index contributed by atoms with van der Waals surface area (Å²) in [6.07, 6.45) is 1.45. The van der Waals surface area contributed by atoms with Crippen LogP contribution in [0.5, 0.6) is 0 Å². The van der Waals surface area contributed by atoms with Gasteiger partial charge in [-0.3, -0.25) is 24.1 Å². The fourth-order valence-electron chi connectivity index (χ4n) is 4.28. The number of rotatable bonds is 9. The quantitative estimate of drug-likeness (QED) is 0.318. The largest absolute Gasteiger partial charge is 0.467 e. The molecular weight excluding hydrogens is 520 g/mol. The molecule has 11 nitrogen and oxygen atoms in total. The summed E-state index contributed by atoms with van der Waals surface area (Å²) in [7, 11) is 3.82. The monoisotopic (exact) mass is 544 g/mol. The first-order valence-electron chi connectivity index (χ1n) is 12.0. The highest BCUT2D eigenvalue weighted by atomic mass is 32.1. The number of carbonyl (C=O) groups excluding carboxylic acids is 4. The van der Waals surface area contributed by atoms with Gasteiger partial charge in [0.2, 0.25) is 5.91 Å². The normalized spacial score (nSPS) is 13.2. The number of carbonyl (C=O) groups is 4. The zero-order valence-electron chi connectivity index (χ0n) is 21.1. The Hall–Kier alpha value is -4.84. The average Bonchev–Trinajstić information content (AvgIpc) is 3.69. The molecule has 0 fully saturated rings. The second-order valence-corrected chi connectivity index (χ2v) is 9.62. The Morgan fingerprint density at radius 1 is 1.00 bits per heavy atom. The smallest absolute Gasteiger partial charge is 0.262 e. The SMILES string of the molecule is CN(C)c1ccc(NC(=O)[C@H](c2csnn2)N(Cc2ccco2)C(=O)CN2C(=O)c3ccccc3C2=O)cc1. The highest BCUT2D eigenvalue weighted by Crippen LogP contribution is 2.28. The van der Waals surface area contributed by atoms with Crippen LogP contribution >= 0.6 is 11.5 Å². The molecule has 0 saturated carbocycles. The van der Waals surface area contributed by atoms with Crippen LogP contribution in [0.4, 0.5) is 11.4 Å². The average molecular weight is 545 g/mol. The molecular formula is C27H24N6O5S. The topological polar surface area (TPSA) is 129 Å². The summed E-state index contributed by atoms with van der Waals surface area (Å²) in [5.74, 6) is -1.92. The van der Waals surface area contributed by atoms with Crippen molar-refractivity contribution in [1.29, 1.82) is 0 Å². The van der Waals surface area contributed by atoms with Crippen LogP contribution in [-0.2, 0) is 16.1 Å². The number of nitrogens with zero attached hydrogens (tertiary/aromatic N) is 5. The first-order valence-corrected chi connectivity index (χ1v) is 12.8. The Morgan fingerprint density at radius 3 is 2.26 bits per heavy atom. The van der Waals surface area contributed by atoms with Crippen molar-refractivity contribution in [3.05, 3.63) is 94.9 Å². The number of anilines is 2. The lowest BCUT2D eigenvalue weighted by Gasteiger charge is -2.30. The molecule has 0 bridgehead atoms. The van der Waals surface area contributed by atoms with Crippen molar-refractivity contribution in [1.82, 2.24) is 19.4 Å². The van der Waals surface area contributed by atoms with E-state index in [0.717, 1.165) is 22.1 Å². The molecule has 1 atom stereocenters. The number of benzene rings is 2. The van der Waals surface area contributed by atoms with Gasteiger partial charge in [-0.05, 0) is 60.1 Å². The standard InChI is InChI=1S/C27H24N6O5S/c1-31(2)18-11-9-17(10-12-18)28-25(35)24(22-16-39-30-29-22)32(14-19-6-5-13-38-19)23(34)15-33-26(36)20-7-3-4-8-21(20)27(33)37/h3-13,16,24H,14-15H2,1-2H3,(H,28,35)/t24-/m0/s1. The fourth-order valence-corrected chi connectivity index (χ4v) is 4.76.